The summed E-state index contributed by atoms with van der Waals surface area (Å²) in [4.78, 5) is 30.5. The summed E-state index contributed by atoms with van der Waals surface area (Å²) in [5, 5.41) is 3.52. The van der Waals surface area contributed by atoms with Crippen LogP contribution >= 0.6 is 23.4 Å². The molecule has 0 bridgehead atoms. The first-order chi connectivity index (χ1) is 11.1. The lowest BCUT2D eigenvalue weighted by Crippen LogP contribution is -2.36. The average molecular weight is 354 g/mol. The van der Waals surface area contributed by atoms with Gasteiger partial charge in [-0.2, -0.15) is 0 Å². The summed E-state index contributed by atoms with van der Waals surface area (Å²) in [6.45, 7) is 1.44. The maximum Gasteiger partial charge on any atom is 0.242 e. The fraction of sp³-hybridized carbons (Fsp3) is 0.400. The molecule has 2 heterocycles. The van der Waals surface area contributed by atoms with E-state index in [2.05, 4.69) is 10.3 Å². The van der Waals surface area contributed by atoms with Gasteiger partial charge in [-0.3, -0.25) is 19.5 Å². The van der Waals surface area contributed by atoms with Crippen LogP contribution in [0.4, 0.5) is 5.69 Å². The molecule has 8 heteroatoms. The largest absolute Gasteiger partial charge is 0.495 e. The number of halogens is 1. The molecular weight excluding hydrogens is 338 g/mol. The van der Waals surface area contributed by atoms with Crippen LogP contribution < -0.4 is 10.1 Å². The highest BCUT2D eigenvalue weighted by molar-refractivity contribution is 8.15. The second-order valence-electron chi connectivity index (χ2n) is 5.22. The van der Waals surface area contributed by atoms with Gasteiger partial charge in [0.2, 0.25) is 11.8 Å². The SMILES string of the molecule is COc1ccc(NC(=O)CC2SC3=NCCCN3C2=O)cc1Cl. The molecule has 23 heavy (non-hydrogen) atoms. The van der Waals surface area contributed by atoms with Gasteiger partial charge >= 0.3 is 0 Å². The average Bonchev–Trinajstić information content (AvgIpc) is 2.84. The number of methoxy groups -OCH3 is 1. The van der Waals surface area contributed by atoms with E-state index in [1.54, 1.807) is 23.1 Å². The molecule has 0 aromatic heterocycles. The summed E-state index contributed by atoms with van der Waals surface area (Å²) in [5.41, 5.74) is 0.575. The molecule has 2 aliphatic heterocycles. The molecule has 2 amide bonds. The number of amides is 2. The Kier molecular flexibility index (Phi) is 4.77. The number of thioether (sulfide) groups is 1. The minimum Gasteiger partial charge on any atom is -0.495 e. The zero-order valence-electron chi connectivity index (χ0n) is 12.5. The number of rotatable bonds is 4. The van der Waals surface area contributed by atoms with E-state index in [9.17, 15) is 9.59 Å². The molecule has 2 aliphatic rings. The van der Waals surface area contributed by atoms with Crippen molar-refractivity contribution in [2.45, 2.75) is 18.1 Å². The molecule has 1 aromatic carbocycles. The second kappa shape index (κ2) is 6.80. The zero-order valence-corrected chi connectivity index (χ0v) is 14.1. The van der Waals surface area contributed by atoms with E-state index in [1.165, 1.54) is 18.9 Å². The minimum absolute atomic E-state index is 0.0311. The van der Waals surface area contributed by atoms with Crippen molar-refractivity contribution in [3.63, 3.8) is 0 Å². The Balaban J connectivity index is 1.62. The van der Waals surface area contributed by atoms with Gasteiger partial charge in [0.25, 0.3) is 0 Å². The number of carbonyl (C=O) groups is 2. The smallest absolute Gasteiger partial charge is 0.242 e. The third-order valence-electron chi connectivity index (χ3n) is 3.61. The van der Waals surface area contributed by atoms with E-state index in [4.69, 9.17) is 16.3 Å². The van der Waals surface area contributed by atoms with Crippen LogP contribution in [0.15, 0.2) is 23.2 Å². The number of benzene rings is 1. The van der Waals surface area contributed by atoms with E-state index < -0.39 is 5.25 Å². The molecule has 1 saturated heterocycles. The molecule has 1 unspecified atom stereocenters. The molecule has 1 fully saturated rings. The number of anilines is 1. The van der Waals surface area contributed by atoms with Crippen molar-refractivity contribution in [3.05, 3.63) is 23.2 Å². The number of hydrogen-bond donors (Lipinski definition) is 1. The van der Waals surface area contributed by atoms with Crippen LogP contribution in [0.25, 0.3) is 0 Å². The highest BCUT2D eigenvalue weighted by Gasteiger charge is 2.39. The molecule has 122 valence electrons. The monoisotopic (exact) mass is 353 g/mol. The fourth-order valence-corrected chi connectivity index (χ4v) is 3.94. The van der Waals surface area contributed by atoms with Crippen LogP contribution in [0.2, 0.25) is 5.02 Å². The standard InChI is InChI=1S/C15H16ClN3O3S/c1-22-11-4-3-9(7-10(11)16)18-13(20)8-12-14(21)19-6-2-5-17-15(19)23-12/h3-4,7,12H,2,5-6,8H2,1H3,(H,18,20). The van der Waals surface area contributed by atoms with Crippen molar-refractivity contribution in [2.75, 3.05) is 25.5 Å². The third kappa shape index (κ3) is 3.45. The quantitative estimate of drug-likeness (QED) is 0.902. The maximum absolute atomic E-state index is 12.3. The van der Waals surface area contributed by atoms with E-state index >= 15 is 0 Å². The van der Waals surface area contributed by atoms with Crippen molar-refractivity contribution in [1.82, 2.24) is 4.90 Å². The van der Waals surface area contributed by atoms with Crippen LogP contribution in [-0.2, 0) is 9.59 Å². The van der Waals surface area contributed by atoms with Crippen LogP contribution in [-0.4, -0.2) is 47.3 Å². The molecule has 0 saturated carbocycles. The van der Waals surface area contributed by atoms with Gasteiger partial charge in [-0.1, -0.05) is 23.4 Å². The molecule has 1 aromatic rings. The van der Waals surface area contributed by atoms with Crippen molar-refractivity contribution >= 4 is 46.0 Å². The lowest BCUT2D eigenvalue weighted by atomic mass is 10.2. The van der Waals surface area contributed by atoms with E-state index in [-0.39, 0.29) is 18.2 Å². The number of nitrogens with zero attached hydrogens (tertiary/aromatic N) is 2. The molecule has 3 rings (SSSR count). The lowest BCUT2D eigenvalue weighted by molar-refractivity contribution is -0.128. The second-order valence-corrected chi connectivity index (χ2v) is 6.79. The van der Waals surface area contributed by atoms with E-state index in [0.717, 1.165) is 18.1 Å². The van der Waals surface area contributed by atoms with Gasteiger partial charge in [0.1, 0.15) is 11.0 Å². The van der Waals surface area contributed by atoms with E-state index in [1.807, 2.05) is 0 Å². The number of hydrogen-bond acceptors (Lipinski definition) is 5. The molecule has 0 radical (unpaired) electrons. The van der Waals surface area contributed by atoms with Crippen molar-refractivity contribution in [1.29, 1.82) is 0 Å². The summed E-state index contributed by atoms with van der Waals surface area (Å²) in [5.74, 6) is 0.287. The summed E-state index contributed by atoms with van der Waals surface area (Å²) in [6, 6.07) is 5.01. The number of amidine groups is 1. The van der Waals surface area contributed by atoms with Crippen LogP contribution in [0.3, 0.4) is 0 Å². The van der Waals surface area contributed by atoms with Crippen LogP contribution in [0.1, 0.15) is 12.8 Å². The van der Waals surface area contributed by atoms with Gasteiger partial charge in [0, 0.05) is 25.2 Å². The Labute approximate surface area is 143 Å². The van der Waals surface area contributed by atoms with Crippen molar-refractivity contribution in [3.8, 4) is 5.75 Å². The molecule has 0 spiro atoms. The number of aliphatic imine (C=N–C) groups is 1. The number of nitrogens with one attached hydrogen (secondary N) is 1. The van der Waals surface area contributed by atoms with E-state index in [0.29, 0.717) is 23.0 Å². The predicted molar refractivity (Wildman–Crippen MR) is 91.3 cm³/mol. The van der Waals surface area contributed by atoms with Crippen molar-refractivity contribution < 1.29 is 14.3 Å². The Morgan fingerprint density at radius 1 is 1.57 bits per heavy atom. The van der Waals surface area contributed by atoms with Gasteiger partial charge < -0.3 is 10.1 Å². The van der Waals surface area contributed by atoms with Crippen LogP contribution in [0, 0.1) is 0 Å². The Morgan fingerprint density at radius 2 is 2.39 bits per heavy atom. The summed E-state index contributed by atoms with van der Waals surface area (Å²) < 4.78 is 5.07. The molecule has 6 nitrogen and oxygen atoms in total. The Morgan fingerprint density at radius 3 is 3.09 bits per heavy atom. The molecule has 1 atom stereocenters. The Hall–Kier alpha value is -1.73. The summed E-state index contributed by atoms with van der Waals surface area (Å²) in [7, 11) is 1.53. The summed E-state index contributed by atoms with van der Waals surface area (Å²) in [6.07, 6.45) is 0.988. The van der Waals surface area contributed by atoms with Gasteiger partial charge in [0.15, 0.2) is 5.17 Å². The zero-order chi connectivity index (χ0) is 16.4. The number of ether oxygens (including phenoxy) is 1. The van der Waals surface area contributed by atoms with Gasteiger partial charge in [-0.15, -0.1) is 0 Å². The Bertz CT molecular complexity index is 680. The number of fused-ring (bicyclic) bond motifs is 1. The maximum atomic E-state index is 12.3. The first-order valence-electron chi connectivity index (χ1n) is 7.24. The molecule has 1 N–H and O–H groups in total. The first kappa shape index (κ1) is 16.1. The minimum atomic E-state index is -0.402. The first-order valence-corrected chi connectivity index (χ1v) is 8.50. The third-order valence-corrected chi connectivity index (χ3v) is 5.12. The van der Waals surface area contributed by atoms with Gasteiger partial charge in [0.05, 0.1) is 12.1 Å². The number of carbonyl (C=O) groups excluding carboxylic acids is 2. The highest BCUT2D eigenvalue weighted by Crippen LogP contribution is 2.32. The van der Waals surface area contributed by atoms with Crippen molar-refractivity contribution in [2.24, 2.45) is 4.99 Å². The fourth-order valence-electron chi connectivity index (χ4n) is 2.49. The predicted octanol–water partition coefficient (Wildman–Crippen LogP) is 2.38. The van der Waals surface area contributed by atoms with Gasteiger partial charge in [-0.05, 0) is 24.6 Å². The summed E-state index contributed by atoms with van der Waals surface area (Å²) >= 11 is 7.40. The molecule has 0 aliphatic carbocycles. The highest BCUT2D eigenvalue weighted by atomic mass is 35.5. The topological polar surface area (TPSA) is 71.0 Å². The lowest BCUT2D eigenvalue weighted by Gasteiger charge is -2.19. The van der Waals surface area contributed by atoms with Crippen LogP contribution in [0.5, 0.6) is 5.75 Å². The van der Waals surface area contributed by atoms with Gasteiger partial charge in [-0.25, -0.2) is 0 Å². The normalized spacial score (nSPS) is 20.1. The molecular formula is C15H16ClN3O3S.